The van der Waals surface area contributed by atoms with Gasteiger partial charge in [-0.05, 0) is 27.7 Å². The number of rotatable bonds is 3. The van der Waals surface area contributed by atoms with E-state index in [1.807, 2.05) is 0 Å². The number of ether oxygens (including phenoxy) is 2. The van der Waals surface area contributed by atoms with Crippen LogP contribution in [0.25, 0.3) is 0 Å². The number of nitrogens with zero attached hydrogens (tertiary/aromatic N) is 1. The van der Waals surface area contributed by atoms with Gasteiger partial charge in [-0.1, -0.05) is 0 Å². The van der Waals surface area contributed by atoms with Gasteiger partial charge in [0.2, 0.25) is 5.66 Å². The van der Waals surface area contributed by atoms with E-state index in [4.69, 9.17) is 9.47 Å². The number of hydrogen-bond acceptors (Lipinski definition) is 6. The zero-order valence-corrected chi connectivity index (χ0v) is 11.8. The highest BCUT2D eigenvalue weighted by atomic mass is 32.2. The molecular weight excluding hydrogens is 256 g/mol. The molecule has 1 heterocycles. The lowest BCUT2D eigenvalue weighted by molar-refractivity contribution is -0.149. The third-order valence-electron chi connectivity index (χ3n) is 1.96. The molecule has 0 fully saturated rings. The predicted octanol–water partition coefficient (Wildman–Crippen LogP) is 1.55. The number of aliphatic imine (C=N–C) groups is 1. The fourth-order valence-corrected chi connectivity index (χ4v) is 2.11. The molecular formula is C11H18N2O4S. The standard InChI is InChI=1S/C11H18N2O4S/c1-5-16-8(14)11(6-18-7-12-11)13-9(15)17-10(2,3)4/h7H,5-6H2,1-4H3,(H,13,15). The summed E-state index contributed by atoms with van der Waals surface area (Å²) in [6, 6.07) is 0. The molecule has 1 rings (SSSR count). The topological polar surface area (TPSA) is 77.0 Å². The van der Waals surface area contributed by atoms with Crippen molar-refractivity contribution in [3.63, 3.8) is 0 Å². The maximum Gasteiger partial charge on any atom is 0.410 e. The van der Waals surface area contributed by atoms with Crippen LogP contribution in [0.2, 0.25) is 0 Å². The van der Waals surface area contributed by atoms with E-state index >= 15 is 0 Å². The SMILES string of the molecule is CCOC(=O)C1(NC(=O)OC(C)(C)C)CSC=N1. The lowest BCUT2D eigenvalue weighted by Gasteiger charge is -2.27. The molecule has 1 N–H and O–H groups in total. The van der Waals surface area contributed by atoms with E-state index in [9.17, 15) is 9.59 Å². The first kappa shape index (κ1) is 14.8. The van der Waals surface area contributed by atoms with Crippen molar-refractivity contribution in [3.05, 3.63) is 0 Å². The van der Waals surface area contributed by atoms with Gasteiger partial charge in [0.15, 0.2) is 0 Å². The summed E-state index contributed by atoms with van der Waals surface area (Å²) in [7, 11) is 0. The first-order chi connectivity index (χ1) is 8.29. The molecule has 0 aromatic rings. The third-order valence-corrected chi connectivity index (χ3v) is 2.80. The van der Waals surface area contributed by atoms with Crippen molar-refractivity contribution in [2.75, 3.05) is 12.4 Å². The van der Waals surface area contributed by atoms with Crippen LogP contribution in [0.3, 0.4) is 0 Å². The van der Waals surface area contributed by atoms with Crippen molar-refractivity contribution in [3.8, 4) is 0 Å². The molecule has 1 unspecified atom stereocenters. The van der Waals surface area contributed by atoms with Crippen LogP contribution in [0.15, 0.2) is 4.99 Å². The Kier molecular flexibility index (Phi) is 4.61. The monoisotopic (exact) mass is 274 g/mol. The van der Waals surface area contributed by atoms with Crippen LogP contribution >= 0.6 is 11.8 Å². The molecule has 0 radical (unpaired) electrons. The van der Waals surface area contributed by atoms with Gasteiger partial charge < -0.3 is 9.47 Å². The summed E-state index contributed by atoms with van der Waals surface area (Å²) in [6.07, 6.45) is -0.685. The Bertz CT molecular complexity index is 365. The van der Waals surface area contributed by atoms with Crippen LogP contribution < -0.4 is 5.32 Å². The number of alkyl carbamates (subject to hydrolysis) is 1. The number of esters is 1. The molecule has 0 saturated carbocycles. The van der Waals surface area contributed by atoms with Crippen molar-refractivity contribution >= 4 is 29.4 Å². The molecule has 1 aliphatic rings. The van der Waals surface area contributed by atoms with E-state index in [1.54, 1.807) is 27.7 Å². The Hall–Kier alpha value is -1.24. The van der Waals surface area contributed by atoms with E-state index < -0.39 is 23.3 Å². The highest BCUT2D eigenvalue weighted by Crippen LogP contribution is 2.23. The smallest absolute Gasteiger partial charge is 0.410 e. The van der Waals surface area contributed by atoms with Crippen LogP contribution in [0, 0.1) is 0 Å². The normalized spacial score (nSPS) is 22.7. The number of carbonyl (C=O) groups is 2. The number of hydrogen-bond donors (Lipinski definition) is 1. The van der Waals surface area contributed by atoms with E-state index in [2.05, 4.69) is 10.3 Å². The number of nitrogens with one attached hydrogen (secondary N) is 1. The second-order valence-electron chi connectivity index (χ2n) is 4.75. The molecule has 0 spiro atoms. The van der Waals surface area contributed by atoms with Crippen LogP contribution in [0.5, 0.6) is 0 Å². The molecule has 0 saturated heterocycles. The maximum absolute atomic E-state index is 11.8. The summed E-state index contributed by atoms with van der Waals surface area (Å²) in [5.74, 6) is -0.262. The van der Waals surface area contributed by atoms with Crippen LogP contribution in [-0.2, 0) is 14.3 Å². The lowest BCUT2D eigenvalue weighted by Crippen LogP contribution is -2.55. The second kappa shape index (κ2) is 5.60. The van der Waals surface area contributed by atoms with Crippen molar-refractivity contribution in [1.82, 2.24) is 5.32 Å². The van der Waals surface area contributed by atoms with E-state index in [1.165, 1.54) is 17.3 Å². The summed E-state index contributed by atoms with van der Waals surface area (Å²) in [5, 5.41) is 2.48. The fourth-order valence-electron chi connectivity index (χ4n) is 1.28. The molecule has 1 aliphatic heterocycles. The van der Waals surface area contributed by atoms with Gasteiger partial charge in [0.05, 0.1) is 17.9 Å². The van der Waals surface area contributed by atoms with Gasteiger partial charge in [0.1, 0.15) is 5.60 Å². The third kappa shape index (κ3) is 3.90. The zero-order chi connectivity index (χ0) is 13.8. The highest BCUT2D eigenvalue weighted by molar-refractivity contribution is 8.12. The van der Waals surface area contributed by atoms with Crippen LogP contribution in [0.4, 0.5) is 4.79 Å². The molecule has 6 nitrogen and oxygen atoms in total. The van der Waals surface area contributed by atoms with Gasteiger partial charge in [-0.2, -0.15) is 0 Å². The lowest BCUT2D eigenvalue weighted by atomic mass is 10.2. The van der Waals surface area contributed by atoms with Crippen molar-refractivity contribution in [2.24, 2.45) is 4.99 Å². The number of carbonyl (C=O) groups excluding carboxylic acids is 2. The molecule has 7 heteroatoms. The minimum Gasteiger partial charge on any atom is -0.463 e. The Labute approximate surface area is 111 Å². The Morgan fingerprint density at radius 3 is 2.61 bits per heavy atom. The molecule has 1 atom stereocenters. The molecule has 1 amide bonds. The average Bonchev–Trinajstić information content (AvgIpc) is 2.64. The summed E-state index contributed by atoms with van der Waals surface area (Å²) in [6.45, 7) is 7.17. The quantitative estimate of drug-likeness (QED) is 0.790. The van der Waals surface area contributed by atoms with Crippen molar-refractivity contribution < 1.29 is 19.1 Å². The summed E-state index contributed by atoms with van der Waals surface area (Å²) < 4.78 is 10.0. The first-order valence-electron chi connectivity index (χ1n) is 5.63. The average molecular weight is 274 g/mol. The summed E-state index contributed by atoms with van der Waals surface area (Å²) in [4.78, 5) is 27.6. The molecule has 0 aliphatic carbocycles. The first-order valence-corrected chi connectivity index (χ1v) is 6.67. The molecule has 18 heavy (non-hydrogen) atoms. The zero-order valence-electron chi connectivity index (χ0n) is 11.0. The van der Waals surface area contributed by atoms with Gasteiger partial charge in [-0.15, -0.1) is 11.8 Å². The van der Waals surface area contributed by atoms with E-state index in [-0.39, 0.29) is 6.61 Å². The minimum atomic E-state index is -1.36. The van der Waals surface area contributed by atoms with Crippen molar-refractivity contribution in [2.45, 2.75) is 39.0 Å². The molecule has 0 aromatic heterocycles. The molecule has 102 valence electrons. The van der Waals surface area contributed by atoms with Gasteiger partial charge in [-0.3, -0.25) is 5.32 Å². The Morgan fingerprint density at radius 1 is 1.50 bits per heavy atom. The second-order valence-corrected chi connectivity index (χ2v) is 5.59. The maximum atomic E-state index is 11.8. The largest absolute Gasteiger partial charge is 0.463 e. The van der Waals surface area contributed by atoms with E-state index in [0.29, 0.717) is 5.75 Å². The van der Waals surface area contributed by atoms with Gasteiger partial charge >= 0.3 is 12.1 Å². The van der Waals surface area contributed by atoms with Gasteiger partial charge in [0.25, 0.3) is 0 Å². The minimum absolute atomic E-state index is 0.233. The van der Waals surface area contributed by atoms with Gasteiger partial charge in [-0.25, -0.2) is 14.6 Å². The fraction of sp³-hybridized carbons (Fsp3) is 0.727. The van der Waals surface area contributed by atoms with Gasteiger partial charge in [0, 0.05) is 0 Å². The number of amides is 1. The molecule has 0 aromatic carbocycles. The van der Waals surface area contributed by atoms with Crippen LogP contribution in [0.1, 0.15) is 27.7 Å². The Balaban J connectivity index is 2.72. The summed E-state index contributed by atoms with van der Waals surface area (Å²) in [5.41, 5.74) is -0.466. The summed E-state index contributed by atoms with van der Waals surface area (Å²) >= 11 is 1.33. The van der Waals surface area contributed by atoms with Crippen molar-refractivity contribution in [1.29, 1.82) is 0 Å². The van der Waals surface area contributed by atoms with E-state index in [0.717, 1.165) is 0 Å². The number of thioether (sulfide) groups is 1. The predicted molar refractivity (Wildman–Crippen MR) is 69.7 cm³/mol. The molecule has 0 bridgehead atoms. The highest BCUT2D eigenvalue weighted by Gasteiger charge is 2.44. The Morgan fingerprint density at radius 2 is 2.17 bits per heavy atom. The van der Waals surface area contributed by atoms with Crippen LogP contribution in [-0.4, -0.2) is 41.2 Å².